The third-order valence-corrected chi connectivity index (χ3v) is 4.38. The lowest BCUT2D eigenvalue weighted by atomic mass is 9.96. The monoisotopic (exact) mass is 413 g/mol. The molecular formula is C19H17F2N7O2. The van der Waals surface area contributed by atoms with Crippen molar-refractivity contribution in [1.82, 2.24) is 14.8 Å². The summed E-state index contributed by atoms with van der Waals surface area (Å²) in [5.41, 5.74) is 4.82. The van der Waals surface area contributed by atoms with Gasteiger partial charge in [-0.1, -0.05) is 12.1 Å². The number of benzene rings is 1. The predicted octanol–water partition coefficient (Wildman–Crippen LogP) is 2.64. The number of pyridine rings is 1. The van der Waals surface area contributed by atoms with Crippen molar-refractivity contribution in [2.75, 3.05) is 0 Å². The van der Waals surface area contributed by atoms with Crippen molar-refractivity contribution in [1.29, 1.82) is 10.8 Å². The maximum Gasteiger partial charge on any atom is 0.430 e. The fraction of sp³-hybridized carbons (Fsp3) is 0.158. The molecule has 3 aromatic rings. The Morgan fingerprint density at radius 2 is 2.07 bits per heavy atom. The summed E-state index contributed by atoms with van der Waals surface area (Å²) in [6.45, 7) is 2.91. The lowest BCUT2D eigenvalue weighted by molar-refractivity contribution is 0.161. The van der Waals surface area contributed by atoms with Crippen LogP contribution in [0.5, 0.6) is 0 Å². The van der Waals surface area contributed by atoms with E-state index in [2.05, 4.69) is 20.1 Å². The molecular weight excluding hydrogens is 396 g/mol. The summed E-state index contributed by atoms with van der Waals surface area (Å²) in [5.74, 6) is -3.10. The van der Waals surface area contributed by atoms with Gasteiger partial charge in [-0.3, -0.25) is 20.6 Å². The lowest BCUT2D eigenvalue weighted by Crippen LogP contribution is -2.33. The van der Waals surface area contributed by atoms with E-state index in [1.165, 1.54) is 44.3 Å². The van der Waals surface area contributed by atoms with Gasteiger partial charge < -0.3 is 5.73 Å². The van der Waals surface area contributed by atoms with E-state index in [0.717, 1.165) is 10.7 Å². The molecule has 2 aromatic heterocycles. The topological polar surface area (TPSA) is 143 Å². The summed E-state index contributed by atoms with van der Waals surface area (Å²) in [6.07, 6.45) is 0.313. The van der Waals surface area contributed by atoms with Gasteiger partial charge in [0.1, 0.15) is 34.4 Å². The Kier molecular flexibility index (Phi) is 5.63. The number of nitrogens with two attached hydrogens (primary N) is 1. The van der Waals surface area contributed by atoms with Crippen LogP contribution in [0.15, 0.2) is 41.7 Å². The summed E-state index contributed by atoms with van der Waals surface area (Å²) in [4.78, 5) is 19.0. The van der Waals surface area contributed by atoms with E-state index in [9.17, 15) is 9.18 Å². The minimum atomic E-state index is -1.11. The van der Waals surface area contributed by atoms with Gasteiger partial charge in [0, 0.05) is 29.1 Å². The number of amides is 1. The molecule has 1 amide bonds. The Morgan fingerprint density at radius 3 is 2.77 bits per heavy atom. The van der Waals surface area contributed by atoms with Crippen LogP contribution in [-0.4, -0.2) is 32.4 Å². The Labute approximate surface area is 168 Å². The number of oxime groups is 1. The van der Waals surface area contributed by atoms with Crippen molar-refractivity contribution in [2.24, 2.45) is 10.9 Å². The van der Waals surface area contributed by atoms with E-state index in [-0.39, 0.29) is 39.2 Å². The Balaban J connectivity index is 2.04. The molecule has 0 aliphatic heterocycles. The van der Waals surface area contributed by atoms with Crippen LogP contribution in [0.4, 0.5) is 13.6 Å². The molecule has 0 spiro atoms. The van der Waals surface area contributed by atoms with Crippen molar-refractivity contribution >= 4 is 28.5 Å². The van der Waals surface area contributed by atoms with Crippen molar-refractivity contribution < 1.29 is 18.4 Å². The summed E-state index contributed by atoms with van der Waals surface area (Å²) >= 11 is 0. The Bertz CT molecular complexity index is 1250. The van der Waals surface area contributed by atoms with Crippen LogP contribution in [0.25, 0.3) is 10.9 Å². The van der Waals surface area contributed by atoms with E-state index >= 15 is 4.39 Å². The number of carbonyl (C=O) groups is 1. The normalized spacial score (nSPS) is 12.6. The quantitative estimate of drug-likeness (QED) is 0.261. The van der Waals surface area contributed by atoms with Gasteiger partial charge in [0.05, 0.1) is 5.52 Å². The number of nitrogens with one attached hydrogen (secondary N) is 2. The van der Waals surface area contributed by atoms with Crippen LogP contribution in [-0.2, 0) is 4.84 Å². The summed E-state index contributed by atoms with van der Waals surface area (Å²) in [6, 6.07) is 6.84. The van der Waals surface area contributed by atoms with E-state index in [4.69, 9.17) is 16.6 Å². The molecule has 0 saturated carbocycles. The molecule has 0 saturated heterocycles. The van der Waals surface area contributed by atoms with Crippen molar-refractivity contribution in [3.8, 4) is 0 Å². The van der Waals surface area contributed by atoms with Crippen molar-refractivity contribution in [3.63, 3.8) is 0 Å². The molecule has 1 atom stereocenters. The minimum Gasteiger partial charge on any atom is -0.333 e. The zero-order chi connectivity index (χ0) is 22.0. The molecule has 0 radical (unpaired) electrons. The van der Waals surface area contributed by atoms with Gasteiger partial charge in [0.25, 0.3) is 0 Å². The standard InChI is InChI=1S/C19H17F2N7O2/c1-9(16-12(20)8-14-11(17(16)21)4-3-7-25-14)18(23)28-15(22)6-5-13(26-28)10(2)27-30-19(24)29/h3-9,22-23H,1-2H3,(H2,24,29)/b22-15?,23-18?,27-10+/t9-/m0/s1. The number of hydrogen-bond donors (Lipinski definition) is 3. The maximum atomic E-state index is 15.0. The molecule has 154 valence electrons. The molecule has 0 bridgehead atoms. The first kappa shape index (κ1) is 20.7. The van der Waals surface area contributed by atoms with Gasteiger partial charge in [0.15, 0.2) is 0 Å². The third kappa shape index (κ3) is 3.90. The van der Waals surface area contributed by atoms with Gasteiger partial charge in [-0.15, -0.1) is 0 Å². The fourth-order valence-electron chi connectivity index (χ4n) is 2.84. The highest BCUT2D eigenvalue weighted by molar-refractivity contribution is 5.97. The first-order valence-electron chi connectivity index (χ1n) is 8.68. The number of rotatable bonds is 4. The third-order valence-electron chi connectivity index (χ3n) is 4.38. The van der Waals surface area contributed by atoms with Gasteiger partial charge in [-0.05, 0) is 31.2 Å². The van der Waals surface area contributed by atoms with Crippen LogP contribution < -0.4 is 11.2 Å². The number of hydrogen-bond acceptors (Lipinski definition) is 7. The highest BCUT2D eigenvalue weighted by Gasteiger charge is 2.24. The molecule has 9 nitrogen and oxygen atoms in total. The first-order chi connectivity index (χ1) is 14.2. The minimum absolute atomic E-state index is 0.123. The second-order valence-corrected chi connectivity index (χ2v) is 6.37. The molecule has 0 aliphatic carbocycles. The second kappa shape index (κ2) is 8.15. The number of nitrogens with zero attached hydrogens (tertiary/aromatic N) is 4. The number of halogens is 2. The molecule has 4 N–H and O–H groups in total. The van der Waals surface area contributed by atoms with Crippen LogP contribution in [0.2, 0.25) is 0 Å². The van der Waals surface area contributed by atoms with E-state index in [1.807, 2.05) is 0 Å². The zero-order valence-corrected chi connectivity index (χ0v) is 16.0. The van der Waals surface area contributed by atoms with Crippen LogP contribution in [0.3, 0.4) is 0 Å². The highest BCUT2D eigenvalue weighted by atomic mass is 19.1. The molecule has 2 heterocycles. The Hall–Kier alpha value is -4.02. The summed E-state index contributed by atoms with van der Waals surface area (Å²) in [5, 5.41) is 24.2. The Morgan fingerprint density at radius 1 is 1.33 bits per heavy atom. The number of aromatic nitrogens is 3. The predicted molar refractivity (Wildman–Crippen MR) is 104 cm³/mol. The maximum absolute atomic E-state index is 15.0. The van der Waals surface area contributed by atoms with Gasteiger partial charge >= 0.3 is 6.09 Å². The number of primary amides is 1. The zero-order valence-electron chi connectivity index (χ0n) is 16.0. The van der Waals surface area contributed by atoms with Crippen LogP contribution >= 0.6 is 0 Å². The molecule has 0 unspecified atom stereocenters. The van der Waals surface area contributed by atoms with E-state index in [1.54, 1.807) is 0 Å². The number of fused-ring (bicyclic) bond motifs is 1. The van der Waals surface area contributed by atoms with Crippen molar-refractivity contribution in [3.05, 3.63) is 64.9 Å². The van der Waals surface area contributed by atoms with Crippen LogP contribution in [0.1, 0.15) is 31.0 Å². The molecule has 3 rings (SSSR count). The van der Waals surface area contributed by atoms with E-state index < -0.39 is 23.6 Å². The molecule has 11 heteroatoms. The average Bonchev–Trinajstić information content (AvgIpc) is 2.71. The van der Waals surface area contributed by atoms with Gasteiger partial charge in [-0.25, -0.2) is 18.3 Å². The summed E-state index contributed by atoms with van der Waals surface area (Å²) in [7, 11) is 0. The molecule has 1 aromatic carbocycles. The first-order valence-corrected chi connectivity index (χ1v) is 8.68. The average molecular weight is 413 g/mol. The highest BCUT2D eigenvalue weighted by Crippen LogP contribution is 2.29. The number of carbonyl (C=O) groups excluding carboxylic acids is 1. The SMILES string of the molecule is C/C(=N\OC(N)=O)c1ccc(=N)n(C(=N)[C@@H](C)c2c(F)cc3ncccc3c2F)n1. The van der Waals surface area contributed by atoms with Gasteiger partial charge in [0.2, 0.25) is 0 Å². The summed E-state index contributed by atoms with van der Waals surface area (Å²) < 4.78 is 30.6. The molecule has 0 aliphatic rings. The second-order valence-electron chi connectivity index (χ2n) is 6.37. The smallest absolute Gasteiger partial charge is 0.333 e. The lowest BCUT2D eigenvalue weighted by Gasteiger charge is -2.18. The van der Waals surface area contributed by atoms with Crippen molar-refractivity contribution in [2.45, 2.75) is 19.8 Å². The molecule has 30 heavy (non-hydrogen) atoms. The van der Waals surface area contributed by atoms with E-state index in [0.29, 0.717) is 0 Å². The fourth-order valence-corrected chi connectivity index (χ4v) is 2.84. The van der Waals surface area contributed by atoms with Crippen LogP contribution in [0, 0.1) is 22.5 Å². The largest absolute Gasteiger partial charge is 0.430 e. The van der Waals surface area contributed by atoms with Gasteiger partial charge in [-0.2, -0.15) is 5.10 Å². The molecule has 0 fully saturated rings.